The van der Waals surface area contributed by atoms with Gasteiger partial charge in [-0.2, -0.15) is 0 Å². The third-order valence-electron chi connectivity index (χ3n) is 6.40. The maximum Gasteiger partial charge on any atom is 0.163 e. The van der Waals surface area contributed by atoms with Gasteiger partial charge < -0.3 is 9.64 Å². The molecule has 0 fully saturated rings. The smallest absolute Gasteiger partial charge is 0.163 e. The van der Waals surface area contributed by atoms with E-state index in [2.05, 4.69) is 102 Å². The monoisotopic (exact) mass is 457 g/mol. The Morgan fingerprint density at radius 2 is 1.34 bits per heavy atom. The van der Waals surface area contributed by atoms with Crippen LogP contribution in [0.3, 0.4) is 0 Å². The highest BCUT2D eigenvalue weighted by molar-refractivity contribution is 6.20. The van der Waals surface area contributed by atoms with Crippen LogP contribution in [0.5, 0.6) is 0 Å². The zero-order valence-electron chi connectivity index (χ0n) is 20.2. The molecular formula is C32H27NO2. The highest BCUT2D eigenvalue weighted by Gasteiger charge is 2.16. The number of Topliss-reactive ketones (excluding diaryl/α,β-unsaturated/α-hetero) is 1. The van der Waals surface area contributed by atoms with Gasteiger partial charge in [0.05, 0.1) is 18.4 Å². The third kappa shape index (κ3) is 4.29. The summed E-state index contributed by atoms with van der Waals surface area (Å²) in [5.41, 5.74) is 4.77. The molecule has 5 rings (SSSR count). The van der Waals surface area contributed by atoms with E-state index < -0.39 is 0 Å². The number of nitrogens with zero attached hydrogens (tertiary/aromatic N) is 1. The number of allylic oxidation sites excluding steroid dienone is 2. The van der Waals surface area contributed by atoms with Crippen LogP contribution in [0, 0.1) is 0 Å². The maximum absolute atomic E-state index is 12.3. The predicted octanol–water partition coefficient (Wildman–Crippen LogP) is 8.43. The van der Waals surface area contributed by atoms with Crippen LogP contribution >= 0.6 is 0 Å². The van der Waals surface area contributed by atoms with Crippen LogP contribution < -0.4 is 4.90 Å². The molecule has 0 amide bonds. The van der Waals surface area contributed by atoms with E-state index >= 15 is 0 Å². The lowest BCUT2D eigenvalue weighted by Crippen LogP contribution is -2.10. The molecule has 0 aliphatic rings. The van der Waals surface area contributed by atoms with Gasteiger partial charge in [-0.05, 0) is 72.0 Å². The van der Waals surface area contributed by atoms with Crippen molar-refractivity contribution in [1.29, 1.82) is 0 Å². The van der Waals surface area contributed by atoms with Crippen molar-refractivity contribution in [1.82, 2.24) is 0 Å². The molecule has 0 unspecified atom stereocenters. The summed E-state index contributed by atoms with van der Waals surface area (Å²) in [4.78, 5) is 14.6. The van der Waals surface area contributed by atoms with Gasteiger partial charge in [0.1, 0.15) is 5.76 Å². The molecule has 172 valence electrons. The Labute approximate surface area is 205 Å². The van der Waals surface area contributed by atoms with E-state index in [-0.39, 0.29) is 5.78 Å². The number of ether oxygens (including phenoxy) is 1. The number of para-hydroxylation sites is 1. The van der Waals surface area contributed by atoms with Gasteiger partial charge in [0, 0.05) is 16.8 Å². The number of carbonyl (C=O) groups is 1. The van der Waals surface area contributed by atoms with E-state index in [4.69, 9.17) is 4.74 Å². The molecule has 0 saturated heterocycles. The van der Waals surface area contributed by atoms with Crippen molar-refractivity contribution in [3.05, 3.63) is 121 Å². The van der Waals surface area contributed by atoms with Crippen molar-refractivity contribution in [2.75, 3.05) is 12.0 Å². The summed E-state index contributed by atoms with van der Waals surface area (Å²) in [5.74, 6) is 0.617. The second-order valence-corrected chi connectivity index (χ2v) is 8.61. The van der Waals surface area contributed by atoms with Crippen LogP contribution in [0.4, 0.5) is 17.1 Å². The molecule has 3 nitrogen and oxygen atoms in total. The Morgan fingerprint density at radius 3 is 2.11 bits per heavy atom. The first-order chi connectivity index (χ1) is 17.1. The summed E-state index contributed by atoms with van der Waals surface area (Å²) in [5, 5.41) is 4.57. The van der Waals surface area contributed by atoms with E-state index in [1.165, 1.54) is 10.8 Å². The minimum Gasteiger partial charge on any atom is -0.501 e. The third-order valence-corrected chi connectivity index (χ3v) is 6.40. The molecule has 3 heteroatoms. The second kappa shape index (κ2) is 9.47. The number of ketones is 1. The summed E-state index contributed by atoms with van der Waals surface area (Å²) >= 11 is 0. The largest absolute Gasteiger partial charge is 0.501 e. The number of methoxy groups -OCH3 is 1. The van der Waals surface area contributed by atoms with Crippen molar-refractivity contribution < 1.29 is 9.53 Å². The summed E-state index contributed by atoms with van der Waals surface area (Å²) in [7, 11) is 1.59. The lowest BCUT2D eigenvalue weighted by atomic mass is 9.97. The van der Waals surface area contributed by atoms with Crippen molar-refractivity contribution >= 4 is 50.0 Å². The first-order valence-electron chi connectivity index (χ1n) is 11.7. The quantitative estimate of drug-likeness (QED) is 0.189. The first kappa shape index (κ1) is 22.4. The molecule has 5 aromatic rings. The highest BCUT2D eigenvalue weighted by Crippen LogP contribution is 2.39. The van der Waals surface area contributed by atoms with E-state index in [0.29, 0.717) is 11.3 Å². The number of carbonyl (C=O) groups excluding carboxylic acids is 1. The maximum atomic E-state index is 12.3. The number of rotatable bonds is 6. The lowest BCUT2D eigenvalue weighted by Gasteiger charge is -2.27. The van der Waals surface area contributed by atoms with Gasteiger partial charge in [-0.1, -0.05) is 72.8 Å². The molecule has 0 saturated carbocycles. The molecule has 0 aliphatic heterocycles. The van der Waals surface area contributed by atoms with Gasteiger partial charge in [-0.25, -0.2) is 0 Å². The van der Waals surface area contributed by atoms with E-state index in [1.54, 1.807) is 14.0 Å². The fraction of sp³-hybridized carbons (Fsp3) is 0.0938. The van der Waals surface area contributed by atoms with Crippen LogP contribution in [0.25, 0.3) is 27.1 Å². The molecule has 35 heavy (non-hydrogen) atoms. The summed E-state index contributed by atoms with van der Waals surface area (Å²) in [6, 6.07) is 37.9. The molecule has 0 atom stereocenters. The predicted molar refractivity (Wildman–Crippen MR) is 146 cm³/mol. The van der Waals surface area contributed by atoms with E-state index in [1.807, 2.05) is 19.1 Å². The van der Waals surface area contributed by atoms with E-state index in [9.17, 15) is 4.79 Å². The van der Waals surface area contributed by atoms with Crippen molar-refractivity contribution in [2.45, 2.75) is 13.8 Å². The van der Waals surface area contributed by atoms with Gasteiger partial charge in [0.15, 0.2) is 5.78 Å². The van der Waals surface area contributed by atoms with Crippen LogP contribution in [0.15, 0.2) is 115 Å². The average Bonchev–Trinajstić information content (AvgIpc) is 2.89. The van der Waals surface area contributed by atoms with E-state index in [0.717, 1.165) is 33.4 Å². The standard InChI is InChI=1S/C32H27NO2/c1-22(34)32(23(2)35-3)27-17-16-26-21-29(19-18-25(26)20-27)33(28-12-5-4-6-13-28)31-15-9-11-24-10-7-8-14-30(24)31/h4-21H,1-3H3/b32-23+. The summed E-state index contributed by atoms with van der Waals surface area (Å²) in [6.45, 7) is 3.40. The molecule has 0 aliphatic carbocycles. The van der Waals surface area contributed by atoms with Crippen molar-refractivity contribution in [3.63, 3.8) is 0 Å². The summed E-state index contributed by atoms with van der Waals surface area (Å²) < 4.78 is 5.38. The highest BCUT2D eigenvalue weighted by atomic mass is 16.5. The number of benzene rings is 5. The van der Waals surface area contributed by atoms with Gasteiger partial charge in [0.25, 0.3) is 0 Å². The van der Waals surface area contributed by atoms with Gasteiger partial charge in [-0.3, -0.25) is 4.79 Å². The Hall–Kier alpha value is -4.37. The molecule has 0 heterocycles. The fourth-order valence-corrected chi connectivity index (χ4v) is 4.69. The lowest BCUT2D eigenvalue weighted by molar-refractivity contribution is -0.111. The zero-order valence-corrected chi connectivity index (χ0v) is 20.2. The Morgan fingerprint density at radius 1 is 0.657 bits per heavy atom. The number of fused-ring (bicyclic) bond motifs is 2. The topological polar surface area (TPSA) is 29.5 Å². The second-order valence-electron chi connectivity index (χ2n) is 8.61. The molecule has 0 radical (unpaired) electrons. The Balaban J connectivity index is 1.67. The molecule has 5 aromatic carbocycles. The average molecular weight is 458 g/mol. The molecule has 0 bridgehead atoms. The number of hydrogen-bond acceptors (Lipinski definition) is 3. The van der Waals surface area contributed by atoms with Crippen LogP contribution in [-0.4, -0.2) is 12.9 Å². The van der Waals surface area contributed by atoms with Crippen molar-refractivity contribution in [3.8, 4) is 0 Å². The number of hydrogen-bond donors (Lipinski definition) is 0. The van der Waals surface area contributed by atoms with Crippen LogP contribution in [-0.2, 0) is 9.53 Å². The van der Waals surface area contributed by atoms with Crippen LogP contribution in [0.1, 0.15) is 19.4 Å². The molecule has 0 spiro atoms. The molecular weight excluding hydrogens is 430 g/mol. The first-order valence-corrected chi connectivity index (χ1v) is 11.7. The SMILES string of the molecule is CO/C(C)=C(\C(C)=O)c1ccc2cc(N(c3ccccc3)c3cccc4ccccc34)ccc2c1. The zero-order chi connectivity index (χ0) is 24.4. The normalized spacial score (nSPS) is 11.9. The van der Waals surface area contributed by atoms with Gasteiger partial charge >= 0.3 is 0 Å². The van der Waals surface area contributed by atoms with Crippen molar-refractivity contribution in [2.24, 2.45) is 0 Å². The fourth-order valence-electron chi connectivity index (χ4n) is 4.69. The van der Waals surface area contributed by atoms with Crippen LogP contribution in [0.2, 0.25) is 0 Å². The Kier molecular flexibility index (Phi) is 6.07. The Bertz CT molecular complexity index is 1560. The van der Waals surface area contributed by atoms with Gasteiger partial charge in [0.2, 0.25) is 0 Å². The molecule has 0 N–H and O–H groups in total. The molecule has 0 aromatic heterocycles. The summed E-state index contributed by atoms with van der Waals surface area (Å²) in [6.07, 6.45) is 0. The van der Waals surface area contributed by atoms with Gasteiger partial charge in [-0.15, -0.1) is 0 Å². The minimum atomic E-state index is -0.00784. The number of anilines is 3. The minimum absolute atomic E-state index is 0.00784.